The minimum absolute atomic E-state index is 0.0254. The van der Waals surface area contributed by atoms with Gasteiger partial charge in [0.2, 0.25) is 5.91 Å². The standard InChI is InChI=1S/C53H99N2O7P/c1-7-10-13-16-19-22-25-27-30-33-36-39-42-45-52(56)54-50(49-61-63(58,59)60-48-47-55(4,5)6)51(44-41-38-35-32-29-24-21-18-15-12-9-3)62-53(57)46-43-40-37-34-31-28-26-23-20-17-14-11-8-2/h11,14,17,20,23,26,41,44,50-51H,7-10,12-13,15-16,18-19,21-22,24-25,27-40,42-43,45-49H2,1-6H3,(H-,54,56,58,59)/b14-11+,20-17+,26-23-,44-41+. The molecule has 0 aliphatic rings. The number of phosphoric acid groups is 1. The number of nitrogens with zero attached hydrogens (tertiary/aromatic N) is 1. The van der Waals surface area contributed by atoms with Crippen LogP contribution in [0.5, 0.6) is 0 Å². The summed E-state index contributed by atoms with van der Waals surface area (Å²) in [6.07, 6.45) is 50.7. The number of rotatable bonds is 46. The van der Waals surface area contributed by atoms with Crippen molar-refractivity contribution in [2.24, 2.45) is 0 Å². The number of ether oxygens (including phenoxy) is 1. The SMILES string of the molecule is CC/C=C/C=C/C=C\CCCCCCCC(=O)OC(/C=C/CCCCCCCCCCC)C(COP(=O)([O-])OCC[N+](C)(C)C)NC(=O)CCCCCCCCCCCCCCC. The van der Waals surface area contributed by atoms with E-state index < -0.39 is 26.6 Å². The largest absolute Gasteiger partial charge is 0.756 e. The summed E-state index contributed by atoms with van der Waals surface area (Å²) in [5.41, 5.74) is 0. The minimum atomic E-state index is -4.69. The predicted molar refractivity (Wildman–Crippen MR) is 266 cm³/mol. The van der Waals surface area contributed by atoms with Gasteiger partial charge in [0.25, 0.3) is 7.82 Å². The summed E-state index contributed by atoms with van der Waals surface area (Å²) >= 11 is 0. The Kier molecular flexibility index (Phi) is 42.4. The van der Waals surface area contributed by atoms with E-state index in [0.29, 0.717) is 23.9 Å². The van der Waals surface area contributed by atoms with E-state index >= 15 is 0 Å². The highest BCUT2D eigenvalue weighted by Gasteiger charge is 2.27. The maximum Gasteiger partial charge on any atom is 0.306 e. The molecule has 1 amide bonds. The number of amides is 1. The molecule has 0 heterocycles. The smallest absolute Gasteiger partial charge is 0.306 e. The van der Waals surface area contributed by atoms with Crippen LogP contribution in [0, 0.1) is 0 Å². The summed E-state index contributed by atoms with van der Waals surface area (Å²) in [6, 6.07) is -0.891. The minimum Gasteiger partial charge on any atom is -0.756 e. The number of hydrogen-bond acceptors (Lipinski definition) is 7. The molecule has 0 aliphatic carbocycles. The second-order valence-corrected chi connectivity index (χ2v) is 20.1. The topological polar surface area (TPSA) is 114 Å². The zero-order chi connectivity index (χ0) is 46.5. The monoisotopic (exact) mass is 907 g/mol. The lowest BCUT2D eigenvalue weighted by Crippen LogP contribution is -2.47. The van der Waals surface area contributed by atoms with Gasteiger partial charge in [-0.25, -0.2) is 0 Å². The van der Waals surface area contributed by atoms with E-state index in [9.17, 15) is 19.0 Å². The van der Waals surface area contributed by atoms with Crippen molar-refractivity contribution in [2.45, 2.75) is 238 Å². The lowest BCUT2D eigenvalue weighted by atomic mass is 10.0. The van der Waals surface area contributed by atoms with Gasteiger partial charge in [-0.05, 0) is 51.0 Å². The molecule has 0 fully saturated rings. The van der Waals surface area contributed by atoms with Gasteiger partial charge in [0.05, 0.1) is 33.8 Å². The zero-order valence-electron chi connectivity index (χ0n) is 41.8. The van der Waals surface area contributed by atoms with Crippen LogP contribution in [-0.2, 0) is 27.9 Å². The lowest BCUT2D eigenvalue weighted by Gasteiger charge is -2.30. The molecule has 0 radical (unpaired) electrons. The summed E-state index contributed by atoms with van der Waals surface area (Å²) in [4.78, 5) is 39.6. The fourth-order valence-electron chi connectivity index (χ4n) is 7.29. The molecule has 368 valence electrons. The fourth-order valence-corrected chi connectivity index (χ4v) is 8.01. The normalized spacial score (nSPS) is 14.3. The molecule has 0 aromatic carbocycles. The van der Waals surface area contributed by atoms with Gasteiger partial charge in [0, 0.05) is 12.8 Å². The van der Waals surface area contributed by atoms with Crippen molar-refractivity contribution < 1.29 is 37.3 Å². The highest BCUT2D eigenvalue weighted by molar-refractivity contribution is 7.45. The summed E-state index contributed by atoms with van der Waals surface area (Å²) in [6.45, 7) is 6.67. The molecular weight excluding hydrogens is 808 g/mol. The van der Waals surface area contributed by atoms with Crippen LogP contribution in [0.3, 0.4) is 0 Å². The molecule has 0 aromatic heterocycles. The van der Waals surface area contributed by atoms with Gasteiger partial charge < -0.3 is 28.5 Å². The van der Waals surface area contributed by atoms with Gasteiger partial charge in [-0.2, -0.15) is 0 Å². The second-order valence-electron chi connectivity index (χ2n) is 18.7. The molecule has 0 spiro atoms. The van der Waals surface area contributed by atoms with Crippen LogP contribution < -0.4 is 10.2 Å². The van der Waals surface area contributed by atoms with Crippen LogP contribution in [0.4, 0.5) is 0 Å². The number of likely N-dealkylation sites (N-methyl/N-ethyl adjacent to an activating group) is 1. The van der Waals surface area contributed by atoms with E-state index in [1.54, 1.807) is 0 Å². The maximum absolute atomic E-state index is 13.4. The number of unbranched alkanes of at least 4 members (excludes halogenated alkanes) is 26. The molecule has 0 saturated heterocycles. The highest BCUT2D eigenvalue weighted by Crippen LogP contribution is 2.38. The first-order valence-electron chi connectivity index (χ1n) is 26.0. The molecule has 0 aliphatic heterocycles. The molecule has 10 heteroatoms. The van der Waals surface area contributed by atoms with Gasteiger partial charge in [0.15, 0.2) is 0 Å². The molecule has 0 bridgehead atoms. The van der Waals surface area contributed by atoms with Crippen molar-refractivity contribution in [1.82, 2.24) is 5.32 Å². The van der Waals surface area contributed by atoms with Gasteiger partial charge >= 0.3 is 5.97 Å². The van der Waals surface area contributed by atoms with Crippen LogP contribution in [0.1, 0.15) is 226 Å². The zero-order valence-corrected chi connectivity index (χ0v) is 42.7. The van der Waals surface area contributed by atoms with Crippen molar-refractivity contribution in [3.8, 4) is 0 Å². The van der Waals surface area contributed by atoms with E-state index in [0.717, 1.165) is 77.0 Å². The van der Waals surface area contributed by atoms with E-state index in [4.69, 9.17) is 13.8 Å². The van der Waals surface area contributed by atoms with Gasteiger partial charge in [-0.3, -0.25) is 14.2 Å². The van der Waals surface area contributed by atoms with Gasteiger partial charge in [-0.15, -0.1) is 0 Å². The number of hydrogen-bond donors (Lipinski definition) is 1. The number of allylic oxidation sites excluding steroid dienone is 7. The molecule has 3 atom stereocenters. The third-order valence-corrected chi connectivity index (χ3v) is 12.3. The number of carbonyl (C=O) groups is 2. The quantitative estimate of drug-likeness (QED) is 0.0162. The van der Waals surface area contributed by atoms with Crippen LogP contribution in [-0.4, -0.2) is 69.4 Å². The maximum atomic E-state index is 13.4. The fraction of sp³-hybridized carbons (Fsp3) is 0.811. The van der Waals surface area contributed by atoms with E-state index in [-0.39, 0.29) is 24.9 Å². The Labute approximate surface area is 388 Å². The van der Waals surface area contributed by atoms with Gasteiger partial charge in [0.1, 0.15) is 19.3 Å². The number of phosphoric ester groups is 1. The third kappa shape index (κ3) is 44.9. The van der Waals surface area contributed by atoms with Crippen molar-refractivity contribution in [3.05, 3.63) is 48.6 Å². The Morgan fingerprint density at radius 3 is 1.51 bits per heavy atom. The number of nitrogens with one attached hydrogen (secondary N) is 1. The Balaban J connectivity index is 5.44. The highest BCUT2D eigenvalue weighted by atomic mass is 31.2. The molecule has 0 aromatic rings. The lowest BCUT2D eigenvalue weighted by molar-refractivity contribution is -0.870. The molecule has 0 saturated carbocycles. The molecule has 1 N–H and O–H groups in total. The molecule has 0 rings (SSSR count). The van der Waals surface area contributed by atoms with E-state index in [1.807, 2.05) is 39.4 Å². The predicted octanol–water partition coefficient (Wildman–Crippen LogP) is 14.4. The Morgan fingerprint density at radius 2 is 1.02 bits per heavy atom. The average molecular weight is 907 g/mol. The molecule has 63 heavy (non-hydrogen) atoms. The summed E-state index contributed by atoms with van der Waals surface area (Å²) in [5, 5.41) is 3.00. The van der Waals surface area contributed by atoms with Gasteiger partial charge in [-0.1, -0.05) is 211 Å². The van der Waals surface area contributed by atoms with E-state index in [1.165, 1.54) is 109 Å². The third-order valence-electron chi connectivity index (χ3n) is 11.3. The van der Waals surface area contributed by atoms with Crippen LogP contribution >= 0.6 is 7.82 Å². The number of carbonyl (C=O) groups excluding carboxylic acids is 2. The summed E-state index contributed by atoms with van der Waals surface area (Å²) < 4.78 is 30.1. The van der Waals surface area contributed by atoms with Crippen molar-refractivity contribution in [3.63, 3.8) is 0 Å². The number of quaternary nitrogens is 1. The molecule has 9 nitrogen and oxygen atoms in total. The summed E-state index contributed by atoms with van der Waals surface area (Å²) in [5.74, 6) is -0.564. The first-order valence-corrected chi connectivity index (χ1v) is 27.4. The van der Waals surface area contributed by atoms with Crippen LogP contribution in [0.15, 0.2) is 48.6 Å². The van der Waals surface area contributed by atoms with Crippen molar-refractivity contribution >= 4 is 19.7 Å². The number of esters is 1. The Morgan fingerprint density at radius 1 is 0.571 bits per heavy atom. The first kappa shape index (κ1) is 61.0. The van der Waals surface area contributed by atoms with E-state index in [2.05, 4.69) is 56.5 Å². The second kappa shape index (κ2) is 43.8. The van der Waals surface area contributed by atoms with Crippen LogP contribution in [0.25, 0.3) is 0 Å². The Bertz CT molecular complexity index is 1230. The van der Waals surface area contributed by atoms with Crippen molar-refractivity contribution in [2.75, 3.05) is 40.9 Å². The molecule has 3 unspecified atom stereocenters. The first-order chi connectivity index (χ1) is 30.4. The van der Waals surface area contributed by atoms with Crippen LogP contribution in [0.2, 0.25) is 0 Å². The average Bonchev–Trinajstić information content (AvgIpc) is 3.23. The summed E-state index contributed by atoms with van der Waals surface area (Å²) in [7, 11) is 1.17. The molecular formula is C53H99N2O7P. The Hall–Kier alpha value is -2.03. The van der Waals surface area contributed by atoms with Crippen molar-refractivity contribution in [1.29, 1.82) is 0 Å².